The lowest BCUT2D eigenvalue weighted by Crippen LogP contribution is -1.83. The van der Waals surface area contributed by atoms with Gasteiger partial charge < -0.3 is 4.98 Å². The summed E-state index contributed by atoms with van der Waals surface area (Å²) in [5.74, 6) is 0. The summed E-state index contributed by atoms with van der Waals surface area (Å²) in [5, 5.41) is 0. The van der Waals surface area contributed by atoms with Crippen LogP contribution in [0.15, 0.2) is 23.5 Å². The number of H-pyrrole nitrogens is 1. The topological polar surface area (TPSA) is 45.2 Å². The molecule has 0 saturated heterocycles. The second-order valence-electron chi connectivity index (χ2n) is 2.04. The van der Waals surface area contributed by atoms with E-state index in [-0.39, 0.29) is 6.04 Å². The van der Waals surface area contributed by atoms with Crippen LogP contribution in [0.3, 0.4) is 0 Å². The second kappa shape index (κ2) is 2.99. The van der Waals surface area contributed by atoms with Gasteiger partial charge in [-0.2, -0.15) is 4.99 Å². The number of aromatic nitrogens is 1. The number of nitrogens with one attached hydrogen (secondary N) is 1. The Bertz CT molecular complexity index is 234. The molecule has 0 aliphatic heterocycles. The van der Waals surface area contributed by atoms with E-state index in [1.807, 2.05) is 19.2 Å². The van der Waals surface area contributed by atoms with Gasteiger partial charge in [0.15, 0.2) is 0 Å². The van der Waals surface area contributed by atoms with E-state index in [2.05, 4.69) is 9.98 Å². The highest BCUT2D eigenvalue weighted by Gasteiger charge is 2.00. The Labute approximate surface area is 58.8 Å². The zero-order chi connectivity index (χ0) is 7.40. The van der Waals surface area contributed by atoms with E-state index in [0.717, 1.165) is 5.56 Å². The summed E-state index contributed by atoms with van der Waals surface area (Å²) in [6.45, 7) is 1.84. The van der Waals surface area contributed by atoms with Gasteiger partial charge in [-0.25, -0.2) is 4.79 Å². The molecule has 0 aromatic carbocycles. The van der Waals surface area contributed by atoms with Crippen molar-refractivity contribution in [3.8, 4) is 0 Å². The maximum atomic E-state index is 9.81. The molecule has 10 heavy (non-hydrogen) atoms. The molecule has 0 bridgehead atoms. The van der Waals surface area contributed by atoms with Gasteiger partial charge in [-0.05, 0) is 18.6 Å². The van der Waals surface area contributed by atoms with Crippen molar-refractivity contribution in [2.24, 2.45) is 4.99 Å². The smallest absolute Gasteiger partial charge is 0.235 e. The van der Waals surface area contributed by atoms with Crippen molar-refractivity contribution >= 4 is 6.08 Å². The van der Waals surface area contributed by atoms with Crippen molar-refractivity contribution in [1.29, 1.82) is 0 Å². The molecule has 1 rings (SSSR count). The maximum Gasteiger partial charge on any atom is 0.235 e. The predicted octanol–water partition coefficient (Wildman–Crippen LogP) is 1.41. The molecule has 0 spiro atoms. The van der Waals surface area contributed by atoms with Crippen molar-refractivity contribution in [1.82, 2.24) is 4.98 Å². The second-order valence-corrected chi connectivity index (χ2v) is 2.04. The molecule has 0 radical (unpaired) electrons. The summed E-state index contributed by atoms with van der Waals surface area (Å²) in [4.78, 5) is 16.2. The molecule has 0 saturated carbocycles. The van der Waals surface area contributed by atoms with Crippen LogP contribution >= 0.6 is 0 Å². The molecule has 1 atom stereocenters. The highest BCUT2D eigenvalue weighted by Crippen LogP contribution is 2.13. The lowest BCUT2D eigenvalue weighted by molar-refractivity contribution is 0.559. The summed E-state index contributed by atoms with van der Waals surface area (Å²) < 4.78 is 0. The standard InChI is InChI=1S/C7H8N2O/c1-6(9-5-10)7-2-3-8-4-7/h2-4,6,8H,1H3. The molecule has 1 N–H and O–H groups in total. The van der Waals surface area contributed by atoms with E-state index in [9.17, 15) is 4.79 Å². The normalized spacial score (nSPS) is 12.1. The number of rotatable bonds is 2. The Balaban J connectivity index is 2.76. The van der Waals surface area contributed by atoms with Gasteiger partial charge in [0, 0.05) is 12.4 Å². The Morgan fingerprint density at radius 1 is 1.80 bits per heavy atom. The predicted molar refractivity (Wildman–Crippen MR) is 37.3 cm³/mol. The van der Waals surface area contributed by atoms with E-state index in [0.29, 0.717) is 0 Å². The van der Waals surface area contributed by atoms with Gasteiger partial charge in [-0.3, -0.25) is 0 Å². The number of nitrogens with zero attached hydrogens (tertiary/aromatic N) is 1. The molecule has 52 valence electrons. The third-order valence-corrected chi connectivity index (χ3v) is 1.35. The molecule has 3 heteroatoms. The van der Waals surface area contributed by atoms with Crippen molar-refractivity contribution in [2.45, 2.75) is 13.0 Å². The van der Waals surface area contributed by atoms with E-state index in [4.69, 9.17) is 0 Å². The molecule has 0 aliphatic rings. The molecular weight excluding hydrogens is 128 g/mol. The average molecular weight is 136 g/mol. The van der Waals surface area contributed by atoms with Crippen molar-refractivity contribution in [2.75, 3.05) is 0 Å². The highest BCUT2D eigenvalue weighted by atomic mass is 16.1. The van der Waals surface area contributed by atoms with Crippen molar-refractivity contribution in [3.63, 3.8) is 0 Å². The monoisotopic (exact) mass is 136 g/mol. The van der Waals surface area contributed by atoms with Crippen LogP contribution in [0, 0.1) is 0 Å². The number of isocyanates is 1. The Hall–Kier alpha value is -1.34. The van der Waals surface area contributed by atoms with Gasteiger partial charge in [-0.15, -0.1) is 0 Å². The minimum atomic E-state index is -0.0799. The van der Waals surface area contributed by atoms with Gasteiger partial charge in [0.1, 0.15) is 0 Å². The van der Waals surface area contributed by atoms with Crippen LogP contribution in [-0.4, -0.2) is 11.1 Å². The molecule has 0 aliphatic carbocycles. The number of hydrogen-bond acceptors (Lipinski definition) is 2. The van der Waals surface area contributed by atoms with Crippen LogP contribution < -0.4 is 0 Å². The number of hydrogen-bond donors (Lipinski definition) is 1. The molecule has 0 amide bonds. The number of carbonyl (C=O) groups excluding carboxylic acids is 1. The lowest BCUT2D eigenvalue weighted by atomic mass is 10.2. The van der Waals surface area contributed by atoms with Crippen LogP contribution in [0.1, 0.15) is 18.5 Å². The van der Waals surface area contributed by atoms with Gasteiger partial charge in [0.2, 0.25) is 6.08 Å². The fourth-order valence-corrected chi connectivity index (χ4v) is 0.750. The Morgan fingerprint density at radius 2 is 2.60 bits per heavy atom. The number of aromatic amines is 1. The zero-order valence-corrected chi connectivity index (χ0v) is 5.66. The van der Waals surface area contributed by atoms with Gasteiger partial charge in [-0.1, -0.05) is 0 Å². The fourth-order valence-electron chi connectivity index (χ4n) is 0.750. The van der Waals surface area contributed by atoms with Crippen LogP contribution in [0.2, 0.25) is 0 Å². The van der Waals surface area contributed by atoms with Crippen molar-refractivity contribution < 1.29 is 4.79 Å². The first kappa shape index (κ1) is 6.78. The molecule has 0 fully saturated rings. The summed E-state index contributed by atoms with van der Waals surface area (Å²) in [6, 6.07) is 1.80. The average Bonchev–Trinajstić information content (AvgIpc) is 2.38. The summed E-state index contributed by atoms with van der Waals surface area (Å²) in [7, 11) is 0. The summed E-state index contributed by atoms with van der Waals surface area (Å²) in [5.41, 5.74) is 1.00. The third-order valence-electron chi connectivity index (χ3n) is 1.35. The first-order valence-electron chi connectivity index (χ1n) is 3.04. The van der Waals surface area contributed by atoms with Crippen molar-refractivity contribution in [3.05, 3.63) is 24.0 Å². The van der Waals surface area contributed by atoms with Crippen LogP contribution in [0.25, 0.3) is 0 Å². The molecule has 1 aromatic heterocycles. The first-order valence-corrected chi connectivity index (χ1v) is 3.04. The first-order chi connectivity index (χ1) is 4.84. The zero-order valence-electron chi connectivity index (χ0n) is 5.66. The number of aliphatic imine (C=N–C) groups is 1. The van der Waals surface area contributed by atoms with E-state index < -0.39 is 0 Å². The quantitative estimate of drug-likeness (QED) is 0.485. The van der Waals surface area contributed by atoms with E-state index in [1.165, 1.54) is 6.08 Å². The maximum absolute atomic E-state index is 9.81. The Kier molecular flexibility index (Phi) is 2.03. The Morgan fingerprint density at radius 3 is 3.10 bits per heavy atom. The molecular formula is C7H8N2O. The van der Waals surface area contributed by atoms with E-state index in [1.54, 1.807) is 6.20 Å². The minimum absolute atomic E-state index is 0.0799. The molecule has 1 unspecified atom stereocenters. The summed E-state index contributed by atoms with van der Waals surface area (Å²) in [6.07, 6.45) is 5.13. The lowest BCUT2D eigenvalue weighted by Gasteiger charge is -1.96. The molecule has 3 nitrogen and oxygen atoms in total. The molecule has 1 aromatic rings. The SMILES string of the molecule is CC(N=C=O)c1cc[nH]c1. The highest BCUT2D eigenvalue weighted by molar-refractivity contribution is 5.34. The van der Waals surface area contributed by atoms with Gasteiger partial charge >= 0.3 is 0 Å². The van der Waals surface area contributed by atoms with Crippen LogP contribution in [0.5, 0.6) is 0 Å². The van der Waals surface area contributed by atoms with Crippen LogP contribution in [0.4, 0.5) is 0 Å². The van der Waals surface area contributed by atoms with Gasteiger partial charge in [0.05, 0.1) is 6.04 Å². The summed E-state index contributed by atoms with van der Waals surface area (Å²) >= 11 is 0. The molecule has 1 heterocycles. The van der Waals surface area contributed by atoms with E-state index >= 15 is 0 Å². The fraction of sp³-hybridized carbons (Fsp3) is 0.286. The van der Waals surface area contributed by atoms with Gasteiger partial charge in [0.25, 0.3) is 0 Å². The minimum Gasteiger partial charge on any atom is -0.367 e. The third kappa shape index (κ3) is 1.33. The van der Waals surface area contributed by atoms with Crippen LogP contribution in [-0.2, 0) is 4.79 Å². The largest absolute Gasteiger partial charge is 0.367 e.